The quantitative estimate of drug-likeness (QED) is 0.695. The summed E-state index contributed by atoms with van der Waals surface area (Å²) in [5.74, 6) is -0.311. The van der Waals surface area contributed by atoms with Gasteiger partial charge in [-0.1, -0.05) is 46.8 Å². The monoisotopic (exact) mass is 409 g/mol. The first-order valence-corrected chi connectivity index (χ1v) is 10.1. The minimum Gasteiger partial charge on any atom is -0.352 e. The lowest BCUT2D eigenvalue weighted by Gasteiger charge is -2.29. The summed E-state index contributed by atoms with van der Waals surface area (Å²) in [6.45, 7) is 10.3. The molecule has 5 nitrogen and oxygen atoms in total. The maximum atomic E-state index is 12.7. The molecule has 1 aromatic rings. The van der Waals surface area contributed by atoms with Crippen LogP contribution in [-0.2, 0) is 10.2 Å². The number of amides is 2. The predicted octanol–water partition coefficient (Wildman–Crippen LogP) is 3.55. The van der Waals surface area contributed by atoms with E-state index in [0.29, 0.717) is 5.56 Å². The lowest BCUT2D eigenvalue weighted by atomic mass is 9.86. The maximum Gasteiger partial charge on any atom is 0.251 e. The van der Waals surface area contributed by atoms with Gasteiger partial charge >= 0.3 is 0 Å². The summed E-state index contributed by atoms with van der Waals surface area (Å²) in [5, 5.41) is 6.01. The summed E-state index contributed by atoms with van der Waals surface area (Å²) in [5.41, 5.74) is 7.72. The maximum absolute atomic E-state index is 12.7. The first-order valence-electron chi connectivity index (χ1n) is 10.1. The lowest BCUT2D eigenvalue weighted by molar-refractivity contribution is -0.124. The molecular weight excluding hydrogens is 374 g/mol. The molecule has 0 radical (unpaired) electrons. The summed E-state index contributed by atoms with van der Waals surface area (Å²) in [4.78, 5) is 25.4. The van der Waals surface area contributed by atoms with Gasteiger partial charge < -0.3 is 16.4 Å². The van der Waals surface area contributed by atoms with Crippen molar-refractivity contribution in [1.82, 2.24) is 10.6 Å². The Balaban J connectivity index is 0.00000392. The van der Waals surface area contributed by atoms with Crippen LogP contribution in [-0.4, -0.2) is 29.9 Å². The smallest absolute Gasteiger partial charge is 0.251 e. The molecule has 0 spiro atoms. The number of hydrogen-bond acceptors (Lipinski definition) is 3. The molecule has 1 aromatic carbocycles. The zero-order valence-electron chi connectivity index (χ0n) is 17.7. The Labute approximate surface area is 175 Å². The molecular formula is C22H36ClN3O2. The molecule has 0 aliphatic heterocycles. The van der Waals surface area contributed by atoms with E-state index in [1.165, 1.54) is 5.56 Å². The molecule has 4 N–H and O–H groups in total. The van der Waals surface area contributed by atoms with Crippen molar-refractivity contribution in [3.63, 3.8) is 0 Å². The van der Waals surface area contributed by atoms with Gasteiger partial charge in [-0.2, -0.15) is 0 Å². The number of rotatable bonds is 5. The van der Waals surface area contributed by atoms with E-state index in [4.69, 9.17) is 5.73 Å². The van der Waals surface area contributed by atoms with E-state index in [9.17, 15) is 9.59 Å². The third kappa shape index (κ3) is 6.78. The molecule has 1 atom stereocenters. The molecule has 0 aromatic heterocycles. The van der Waals surface area contributed by atoms with E-state index in [1.54, 1.807) is 0 Å². The standard InChI is InChI=1S/C22H35N3O2.ClH/c1-14(2)19(21(27)24-18-12-10-17(23)11-13-18)25-20(26)15-6-8-16(9-7-15)22(3,4)5;/h6-9,14,17-19H,10-13,23H2,1-5H3,(H,24,27)(H,25,26);1H. The molecule has 2 rings (SSSR count). The predicted molar refractivity (Wildman–Crippen MR) is 117 cm³/mol. The van der Waals surface area contributed by atoms with Gasteiger partial charge in [0.05, 0.1) is 0 Å². The van der Waals surface area contributed by atoms with Gasteiger partial charge in [0, 0.05) is 17.6 Å². The third-order valence-corrected chi connectivity index (χ3v) is 5.37. The average Bonchev–Trinajstić information content (AvgIpc) is 2.60. The van der Waals surface area contributed by atoms with Crippen molar-refractivity contribution in [2.24, 2.45) is 11.7 Å². The Morgan fingerprint density at radius 2 is 1.57 bits per heavy atom. The minimum absolute atomic E-state index is 0. The lowest BCUT2D eigenvalue weighted by Crippen LogP contribution is -2.53. The first-order chi connectivity index (χ1) is 12.6. The second-order valence-corrected chi connectivity index (χ2v) is 9.14. The highest BCUT2D eigenvalue weighted by molar-refractivity contribution is 5.97. The molecule has 1 aliphatic carbocycles. The van der Waals surface area contributed by atoms with Crippen LogP contribution >= 0.6 is 12.4 Å². The third-order valence-electron chi connectivity index (χ3n) is 5.37. The summed E-state index contributed by atoms with van der Waals surface area (Å²) >= 11 is 0. The van der Waals surface area contributed by atoms with Crippen LogP contribution < -0.4 is 16.4 Å². The first kappa shape index (κ1) is 24.4. The normalized spacial score (nSPS) is 20.8. The zero-order chi connectivity index (χ0) is 20.2. The van der Waals surface area contributed by atoms with Crippen molar-refractivity contribution in [3.05, 3.63) is 35.4 Å². The molecule has 2 amide bonds. The molecule has 28 heavy (non-hydrogen) atoms. The van der Waals surface area contributed by atoms with Crippen LogP contribution in [0.15, 0.2) is 24.3 Å². The highest BCUT2D eigenvalue weighted by Crippen LogP contribution is 2.22. The molecule has 1 aliphatic rings. The van der Waals surface area contributed by atoms with Gasteiger partial charge in [-0.15, -0.1) is 12.4 Å². The van der Waals surface area contributed by atoms with Gasteiger partial charge in [0.1, 0.15) is 6.04 Å². The molecule has 0 bridgehead atoms. The summed E-state index contributed by atoms with van der Waals surface area (Å²) in [6.07, 6.45) is 3.67. The zero-order valence-corrected chi connectivity index (χ0v) is 18.6. The fraction of sp³-hybridized carbons (Fsp3) is 0.636. The van der Waals surface area contributed by atoms with Gasteiger partial charge in [0.15, 0.2) is 0 Å². The van der Waals surface area contributed by atoms with E-state index in [2.05, 4.69) is 31.4 Å². The van der Waals surface area contributed by atoms with Gasteiger partial charge in [0.2, 0.25) is 5.91 Å². The molecule has 0 heterocycles. The van der Waals surface area contributed by atoms with Crippen molar-refractivity contribution in [2.75, 3.05) is 0 Å². The van der Waals surface area contributed by atoms with Crippen LogP contribution in [0.2, 0.25) is 0 Å². The fourth-order valence-electron chi connectivity index (χ4n) is 3.44. The SMILES string of the molecule is CC(C)C(NC(=O)c1ccc(C(C)(C)C)cc1)C(=O)NC1CCC(N)CC1.Cl. The highest BCUT2D eigenvalue weighted by Gasteiger charge is 2.28. The second kappa shape index (κ2) is 10.3. The van der Waals surface area contributed by atoms with Crippen LogP contribution in [0.4, 0.5) is 0 Å². The Morgan fingerprint density at radius 1 is 1.04 bits per heavy atom. The molecule has 0 saturated heterocycles. The van der Waals surface area contributed by atoms with E-state index in [1.807, 2.05) is 38.1 Å². The van der Waals surface area contributed by atoms with E-state index in [-0.39, 0.29) is 47.6 Å². The molecule has 6 heteroatoms. The summed E-state index contributed by atoms with van der Waals surface area (Å²) < 4.78 is 0. The minimum atomic E-state index is -0.546. The van der Waals surface area contributed by atoms with E-state index >= 15 is 0 Å². The van der Waals surface area contributed by atoms with E-state index in [0.717, 1.165) is 25.7 Å². The highest BCUT2D eigenvalue weighted by atomic mass is 35.5. The number of nitrogens with two attached hydrogens (primary N) is 1. The van der Waals surface area contributed by atoms with Crippen molar-refractivity contribution < 1.29 is 9.59 Å². The van der Waals surface area contributed by atoms with Crippen molar-refractivity contribution in [1.29, 1.82) is 0 Å². The average molecular weight is 410 g/mol. The van der Waals surface area contributed by atoms with Crippen molar-refractivity contribution >= 4 is 24.2 Å². The molecule has 1 unspecified atom stereocenters. The molecule has 1 saturated carbocycles. The molecule has 158 valence electrons. The Kier molecular flexibility index (Phi) is 8.96. The van der Waals surface area contributed by atoms with Gasteiger partial charge in [-0.05, 0) is 54.7 Å². The van der Waals surface area contributed by atoms with Gasteiger partial charge in [-0.3, -0.25) is 9.59 Å². The Hall–Kier alpha value is -1.59. The fourth-order valence-corrected chi connectivity index (χ4v) is 3.44. The number of hydrogen-bond donors (Lipinski definition) is 3. The van der Waals surface area contributed by atoms with Gasteiger partial charge in [-0.25, -0.2) is 0 Å². The topological polar surface area (TPSA) is 84.2 Å². The summed E-state index contributed by atoms with van der Waals surface area (Å²) in [7, 11) is 0. The Morgan fingerprint density at radius 3 is 2.04 bits per heavy atom. The van der Waals surface area contributed by atoms with Crippen LogP contribution in [0, 0.1) is 5.92 Å². The number of halogens is 1. The summed E-state index contributed by atoms with van der Waals surface area (Å²) in [6, 6.07) is 7.46. The van der Waals surface area contributed by atoms with Crippen LogP contribution in [0.3, 0.4) is 0 Å². The number of carbonyl (C=O) groups excluding carboxylic acids is 2. The van der Waals surface area contributed by atoms with Crippen molar-refractivity contribution in [2.45, 2.75) is 83.8 Å². The second-order valence-electron chi connectivity index (χ2n) is 9.14. The number of carbonyl (C=O) groups is 2. The van der Waals surface area contributed by atoms with E-state index < -0.39 is 6.04 Å². The van der Waals surface area contributed by atoms with Crippen LogP contribution in [0.1, 0.15) is 76.2 Å². The van der Waals surface area contributed by atoms with Crippen LogP contribution in [0.25, 0.3) is 0 Å². The molecule has 1 fully saturated rings. The number of benzene rings is 1. The van der Waals surface area contributed by atoms with Gasteiger partial charge in [0.25, 0.3) is 5.91 Å². The van der Waals surface area contributed by atoms with Crippen LogP contribution in [0.5, 0.6) is 0 Å². The largest absolute Gasteiger partial charge is 0.352 e. The van der Waals surface area contributed by atoms with Crippen molar-refractivity contribution in [3.8, 4) is 0 Å². The Bertz CT molecular complexity index is 645. The number of nitrogens with one attached hydrogen (secondary N) is 2.